The molecule has 0 bridgehead atoms. The van der Waals surface area contributed by atoms with Gasteiger partial charge in [-0.3, -0.25) is 0 Å². The molecule has 0 aliphatic carbocycles. The fourth-order valence-corrected chi connectivity index (χ4v) is 13.1. The molecule has 0 N–H and O–H groups in total. The van der Waals surface area contributed by atoms with Gasteiger partial charge in [0.1, 0.15) is 0 Å². The SMILES string of the molecule is Cc1cccc(-c2c([Si](C)(C)C)c(-c3cccc(C)c3)c3ccc4c(-c5cccc(C)c5)c([Si](C)(C)C)c(-c5cccc(C)c5)c5ccc2c3c54)c1. The molecular formula is C50H50Si2. The normalized spacial score (nSPS) is 12.4. The summed E-state index contributed by atoms with van der Waals surface area (Å²) < 4.78 is 0. The predicted octanol–water partition coefficient (Wildman–Crippen LogP) is 13.6. The van der Waals surface area contributed by atoms with Crippen molar-refractivity contribution >= 4 is 58.8 Å². The minimum atomic E-state index is -1.94. The highest BCUT2D eigenvalue weighted by Crippen LogP contribution is 2.48. The first kappa shape index (κ1) is 34.3. The summed E-state index contributed by atoms with van der Waals surface area (Å²) in [6, 6.07) is 46.9. The van der Waals surface area contributed by atoms with Crippen LogP contribution >= 0.6 is 0 Å². The van der Waals surface area contributed by atoms with Crippen LogP contribution in [-0.2, 0) is 0 Å². The van der Waals surface area contributed by atoms with Crippen molar-refractivity contribution in [2.45, 2.75) is 67.0 Å². The molecule has 0 fully saturated rings. The molecule has 0 aromatic heterocycles. The van der Waals surface area contributed by atoms with E-state index in [1.807, 2.05) is 0 Å². The van der Waals surface area contributed by atoms with Gasteiger partial charge < -0.3 is 0 Å². The molecule has 0 saturated carbocycles. The Kier molecular flexibility index (Phi) is 8.21. The average Bonchev–Trinajstić information content (AvgIpc) is 3.08. The van der Waals surface area contributed by atoms with Crippen LogP contribution in [0.5, 0.6) is 0 Å². The average molecular weight is 707 g/mol. The van der Waals surface area contributed by atoms with Crippen LogP contribution in [0.15, 0.2) is 121 Å². The summed E-state index contributed by atoms with van der Waals surface area (Å²) in [6.45, 7) is 24.1. The summed E-state index contributed by atoms with van der Waals surface area (Å²) in [5.41, 5.74) is 16.2. The largest absolute Gasteiger partial charge is 0.0792 e. The highest BCUT2D eigenvalue weighted by Gasteiger charge is 2.33. The van der Waals surface area contributed by atoms with Crippen LogP contribution < -0.4 is 10.4 Å². The smallest absolute Gasteiger partial charge is 0.0656 e. The Morgan fingerprint density at radius 1 is 0.308 bits per heavy atom. The van der Waals surface area contributed by atoms with Crippen LogP contribution in [0.2, 0.25) is 39.3 Å². The van der Waals surface area contributed by atoms with Crippen molar-refractivity contribution in [3.05, 3.63) is 144 Å². The van der Waals surface area contributed by atoms with Crippen molar-refractivity contribution in [1.82, 2.24) is 0 Å². The molecule has 8 aromatic rings. The van der Waals surface area contributed by atoms with E-state index in [9.17, 15) is 0 Å². The van der Waals surface area contributed by atoms with Crippen LogP contribution in [0.25, 0.3) is 76.8 Å². The molecule has 0 nitrogen and oxygen atoms in total. The first-order valence-corrected chi connectivity index (χ1v) is 25.9. The lowest BCUT2D eigenvalue weighted by atomic mass is 9.81. The second-order valence-corrected chi connectivity index (χ2v) is 27.3. The van der Waals surface area contributed by atoms with Gasteiger partial charge >= 0.3 is 0 Å². The summed E-state index contributed by atoms with van der Waals surface area (Å²) in [4.78, 5) is 0. The molecule has 0 amide bonds. The van der Waals surface area contributed by atoms with Gasteiger partial charge in [-0.05, 0) is 115 Å². The van der Waals surface area contributed by atoms with E-state index < -0.39 is 16.1 Å². The van der Waals surface area contributed by atoms with E-state index in [1.54, 1.807) is 10.4 Å². The number of hydrogen-bond donors (Lipinski definition) is 0. The molecule has 258 valence electrons. The zero-order valence-corrected chi connectivity index (χ0v) is 34.5. The zero-order chi connectivity index (χ0) is 36.7. The topological polar surface area (TPSA) is 0 Å². The van der Waals surface area contributed by atoms with Gasteiger partial charge in [0.2, 0.25) is 0 Å². The third kappa shape index (κ3) is 5.64. The Bertz CT molecular complexity index is 2330. The van der Waals surface area contributed by atoms with Crippen molar-refractivity contribution in [2.75, 3.05) is 0 Å². The molecule has 0 saturated heterocycles. The van der Waals surface area contributed by atoms with E-state index in [0.29, 0.717) is 0 Å². The first-order chi connectivity index (χ1) is 24.7. The van der Waals surface area contributed by atoms with Crippen molar-refractivity contribution in [3.63, 3.8) is 0 Å². The Balaban J connectivity index is 1.71. The van der Waals surface area contributed by atoms with E-state index in [1.165, 1.54) is 99.1 Å². The Morgan fingerprint density at radius 2 is 0.538 bits per heavy atom. The van der Waals surface area contributed by atoms with E-state index in [0.717, 1.165) is 0 Å². The predicted molar refractivity (Wildman–Crippen MR) is 237 cm³/mol. The number of rotatable bonds is 6. The van der Waals surface area contributed by atoms with E-state index in [4.69, 9.17) is 0 Å². The maximum absolute atomic E-state index is 2.53. The quantitative estimate of drug-likeness (QED) is 0.119. The van der Waals surface area contributed by atoms with E-state index in [2.05, 4.69) is 188 Å². The van der Waals surface area contributed by atoms with Gasteiger partial charge in [0, 0.05) is 0 Å². The summed E-state index contributed by atoms with van der Waals surface area (Å²) in [7, 11) is -3.87. The van der Waals surface area contributed by atoms with Crippen LogP contribution in [0.3, 0.4) is 0 Å². The zero-order valence-electron chi connectivity index (χ0n) is 32.5. The lowest BCUT2D eigenvalue weighted by molar-refractivity contribution is 1.46. The molecule has 8 rings (SSSR count). The number of hydrogen-bond acceptors (Lipinski definition) is 0. The molecule has 0 spiro atoms. The molecule has 0 atom stereocenters. The van der Waals surface area contributed by atoms with Crippen molar-refractivity contribution in [3.8, 4) is 44.5 Å². The van der Waals surface area contributed by atoms with Crippen molar-refractivity contribution in [1.29, 1.82) is 0 Å². The highest BCUT2D eigenvalue weighted by atomic mass is 28.3. The molecule has 0 aliphatic heterocycles. The number of benzene rings is 8. The standard InChI is InChI=1S/C50H50Si2/c1-31-15-11-19-35(27-31)43-39-23-24-41-45(37-21-13-17-33(3)29-37)50(52(8,9)10)46(38-22-14-18-34(4)30-38)42-26-25-40(47(39)48(41)42)44(49(43)51(5,6)7)36-20-12-16-32(2)28-36/h11-30H,1-10H3. The fraction of sp³-hybridized carbons (Fsp3) is 0.200. The van der Waals surface area contributed by atoms with Gasteiger partial charge in [0.25, 0.3) is 0 Å². The van der Waals surface area contributed by atoms with Crippen molar-refractivity contribution < 1.29 is 0 Å². The third-order valence-electron chi connectivity index (χ3n) is 11.0. The molecule has 0 heterocycles. The molecule has 0 unspecified atom stereocenters. The first-order valence-electron chi connectivity index (χ1n) is 18.9. The summed E-state index contributed by atoms with van der Waals surface area (Å²) in [5, 5.41) is 11.4. The van der Waals surface area contributed by atoms with Gasteiger partial charge in [-0.2, -0.15) is 0 Å². The molecule has 2 heteroatoms. The van der Waals surface area contributed by atoms with Gasteiger partial charge in [0.15, 0.2) is 0 Å². The Labute approximate surface area is 312 Å². The lowest BCUT2D eigenvalue weighted by Gasteiger charge is -2.32. The Hall–Kier alpha value is -4.77. The van der Waals surface area contributed by atoms with Crippen LogP contribution in [-0.4, -0.2) is 16.1 Å². The highest BCUT2D eigenvalue weighted by molar-refractivity contribution is 6.92. The van der Waals surface area contributed by atoms with Crippen LogP contribution in [0, 0.1) is 27.7 Å². The summed E-state index contributed by atoms with van der Waals surface area (Å²) in [6.07, 6.45) is 0. The minimum Gasteiger partial charge on any atom is -0.0656 e. The van der Waals surface area contributed by atoms with E-state index >= 15 is 0 Å². The molecule has 8 aromatic carbocycles. The van der Waals surface area contributed by atoms with Gasteiger partial charge in [-0.1, -0.05) is 183 Å². The Morgan fingerprint density at radius 3 is 0.731 bits per heavy atom. The molecule has 0 aliphatic rings. The fourth-order valence-electron chi connectivity index (χ4n) is 9.02. The molecule has 52 heavy (non-hydrogen) atoms. The van der Waals surface area contributed by atoms with Crippen molar-refractivity contribution in [2.24, 2.45) is 0 Å². The third-order valence-corrected chi connectivity index (χ3v) is 15.0. The second-order valence-electron chi connectivity index (χ2n) is 17.3. The number of aryl methyl sites for hydroxylation is 4. The van der Waals surface area contributed by atoms with Gasteiger partial charge in [0.05, 0.1) is 16.1 Å². The monoisotopic (exact) mass is 706 g/mol. The van der Waals surface area contributed by atoms with Gasteiger partial charge in [-0.15, -0.1) is 0 Å². The van der Waals surface area contributed by atoms with Crippen LogP contribution in [0.4, 0.5) is 0 Å². The maximum atomic E-state index is 2.53. The molecular weight excluding hydrogens is 657 g/mol. The summed E-state index contributed by atoms with van der Waals surface area (Å²) >= 11 is 0. The molecule has 0 radical (unpaired) electrons. The second kappa shape index (κ2) is 12.4. The lowest BCUT2D eigenvalue weighted by Crippen LogP contribution is -2.41. The maximum Gasteiger partial charge on any atom is 0.0792 e. The minimum absolute atomic E-state index is 1.30. The van der Waals surface area contributed by atoms with Crippen LogP contribution in [0.1, 0.15) is 22.3 Å². The van der Waals surface area contributed by atoms with E-state index in [-0.39, 0.29) is 0 Å². The van der Waals surface area contributed by atoms with Gasteiger partial charge in [-0.25, -0.2) is 0 Å². The summed E-state index contributed by atoms with van der Waals surface area (Å²) in [5.74, 6) is 0.